The minimum Gasteiger partial charge on any atom is -0.459 e. The van der Waals surface area contributed by atoms with Gasteiger partial charge in [0.2, 0.25) is 0 Å². The van der Waals surface area contributed by atoms with E-state index >= 15 is 0 Å². The van der Waals surface area contributed by atoms with Crippen LogP contribution in [0.4, 0.5) is 0 Å². The number of aromatic amines is 1. The van der Waals surface area contributed by atoms with Crippen molar-refractivity contribution >= 4 is 39.6 Å². The number of fused-ring (bicyclic) bond motifs is 2. The highest BCUT2D eigenvalue weighted by atomic mass is 32.2. The Morgan fingerprint density at radius 3 is 2.83 bits per heavy atom. The maximum absolute atomic E-state index is 13.1. The SMILES string of the molecule is CCCCn1c(C(Cc2c[nH]c3ccccc23)NC(=O)c2ccco2)nc2cc(SCCC)ccc21. The molecule has 0 aliphatic heterocycles. The van der Waals surface area contributed by atoms with E-state index in [0.29, 0.717) is 12.2 Å². The molecule has 186 valence electrons. The number of benzene rings is 2. The van der Waals surface area contributed by atoms with Crippen molar-refractivity contribution < 1.29 is 9.21 Å². The molecular weight excluding hydrogens is 468 g/mol. The van der Waals surface area contributed by atoms with Crippen molar-refractivity contribution in [2.45, 2.75) is 57.0 Å². The van der Waals surface area contributed by atoms with Crippen molar-refractivity contribution in [3.63, 3.8) is 0 Å². The minimum absolute atomic E-state index is 0.238. The van der Waals surface area contributed by atoms with Crippen molar-refractivity contribution in [3.8, 4) is 0 Å². The molecule has 3 aromatic heterocycles. The van der Waals surface area contributed by atoms with Gasteiger partial charge in [-0.1, -0.05) is 38.5 Å². The Morgan fingerprint density at radius 1 is 1.14 bits per heavy atom. The van der Waals surface area contributed by atoms with Gasteiger partial charge in [-0.15, -0.1) is 11.8 Å². The zero-order valence-corrected chi connectivity index (χ0v) is 21.6. The van der Waals surface area contributed by atoms with Crippen LogP contribution in [0.2, 0.25) is 0 Å². The Balaban J connectivity index is 1.58. The molecule has 36 heavy (non-hydrogen) atoms. The van der Waals surface area contributed by atoms with E-state index in [9.17, 15) is 4.79 Å². The molecule has 5 aromatic rings. The van der Waals surface area contributed by atoms with Gasteiger partial charge in [0.15, 0.2) is 5.76 Å². The number of hydrogen-bond acceptors (Lipinski definition) is 4. The number of nitrogens with one attached hydrogen (secondary N) is 2. The number of furan rings is 1. The van der Waals surface area contributed by atoms with Crippen LogP contribution in [0.5, 0.6) is 0 Å². The van der Waals surface area contributed by atoms with Crippen molar-refractivity contribution in [1.82, 2.24) is 19.9 Å². The average molecular weight is 501 g/mol. The summed E-state index contributed by atoms with van der Waals surface area (Å²) in [4.78, 5) is 22.9. The summed E-state index contributed by atoms with van der Waals surface area (Å²) in [6, 6.07) is 17.9. The summed E-state index contributed by atoms with van der Waals surface area (Å²) in [5.41, 5.74) is 4.30. The molecule has 5 rings (SSSR count). The maximum Gasteiger partial charge on any atom is 0.287 e. The van der Waals surface area contributed by atoms with Crippen LogP contribution in [0, 0.1) is 0 Å². The number of para-hydroxylation sites is 1. The molecule has 0 aliphatic rings. The summed E-state index contributed by atoms with van der Waals surface area (Å²) < 4.78 is 7.68. The van der Waals surface area contributed by atoms with Gasteiger partial charge in [0.25, 0.3) is 5.91 Å². The van der Waals surface area contributed by atoms with Gasteiger partial charge in [-0.2, -0.15) is 0 Å². The van der Waals surface area contributed by atoms with Crippen LogP contribution in [0.3, 0.4) is 0 Å². The topological polar surface area (TPSA) is 75.8 Å². The summed E-state index contributed by atoms with van der Waals surface area (Å²) in [6.45, 7) is 5.24. The van der Waals surface area contributed by atoms with E-state index < -0.39 is 0 Å². The molecule has 0 radical (unpaired) electrons. The highest BCUT2D eigenvalue weighted by molar-refractivity contribution is 7.99. The Hall–Kier alpha value is -3.45. The molecule has 0 spiro atoms. The molecule has 6 nitrogen and oxygen atoms in total. The molecule has 2 N–H and O–H groups in total. The van der Waals surface area contributed by atoms with Crippen LogP contribution in [-0.2, 0) is 13.0 Å². The van der Waals surface area contributed by atoms with Gasteiger partial charge in [0.05, 0.1) is 23.3 Å². The fraction of sp³-hybridized carbons (Fsp3) is 0.310. The molecule has 1 unspecified atom stereocenters. The van der Waals surface area contributed by atoms with E-state index in [1.54, 1.807) is 12.1 Å². The van der Waals surface area contributed by atoms with Crippen LogP contribution in [0.1, 0.15) is 61.1 Å². The lowest BCUT2D eigenvalue weighted by Gasteiger charge is -2.20. The smallest absolute Gasteiger partial charge is 0.287 e. The maximum atomic E-state index is 13.1. The second-order valence-corrected chi connectivity index (χ2v) is 10.2. The number of amides is 1. The lowest BCUT2D eigenvalue weighted by molar-refractivity contribution is 0.0906. The first-order chi connectivity index (χ1) is 17.7. The lowest BCUT2D eigenvalue weighted by Crippen LogP contribution is -2.32. The number of aromatic nitrogens is 3. The fourth-order valence-corrected chi connectivity index (χ4v) is 5.42. The first-order valence-electron chi connectivity index (χ1n) is 12.7. The predicted octanol–water partition coefficient (Wildman–Crippen LogP) is 7.13. The number of thioether (sulfide) groups is 1. The minimum atomic E-state index is -0.321. The van der Waals surface area contributed by atoms with Crippen LogP contribution < -0.4 is 5.32 Å². The van der Waals surface area contributed by atoms with Crippen LogP contribution in [0.25, 0.3) is 21.9 Å². The molecule has 0 fully saturated rings. The van der Waals surface area contributed by atoms with Crippen LogP contribution in [0.15, 0.2) is 76.4 Å². The third-order valence-electron chi connectivity index (χ3n) is 6.42. The monoisotopic (exact) mass is 500 g/mol. The molecule has 2 aromatic carbocycles. The molecule has 0 saturated heterocycles. The van der Waals surface area contributed by atoms with Gasteiger partial charge < -0.3 is 19.3 Å². The van der Waals surface area contributed by atoms with Gasteiger partial charge >= 0.3 is 0 Å². The number of aryl methyl sites for hydroxylation is 1. The Bertz CT molecular complexity index is 1450. The Labute approximate surface area is 215 Å². The third kappa shape index (κ3) is 5.07. The lowest BCUT2D eigenvalue weighted by atomic mass is 10.0. The first-order valence-corrected chi connectivity index (χ1v) is 13.7. The van der Waals surface area contributed by atoms with E-state index in [-0.39, 0.29) is 11.9 Å². The standard InChI is InChI=1S/C29H32N4O2S/c1-3-5-14-33-26-13-12-21(36-16-4-2)18-24(26)31-28(33)25(32-29(34)27-11-8-15-35-27)17-20-19-30-23-10-7-6-9-22(20)23/h6-13,15,18-19,25,30H,3-5,14,16-17H2,1-2H3,(H,32,34). The normalized spacial score (nSPS) is 12.4. The molecule has 3 heterocycles. The van der Waals surface area contributed by atoms with E-state index in [1.807, 2.05) is 30.1 Å². The molecular formula is C29H32N4O2S. The molecule has 7 heteroatoms. The number of rotatable bonds is 11. The number of unbranched alkanes of at least 4 members (excludes halogenated alkanes) is 1. The molecule has 0 bridgehead atoms. The Morgan fingerprint density at radius 2 is 2.03 bits per heavy atom. The molecule has 0 aliphatic carbocycles. The van der Waals surface area contributed by atoms with Crippen LogP contribution in [-0.4, -0.2) is 26.2 Å². The first kappa shape index (κ1) is 24.3. The predicted molar refractivity (Wildman–Crippen MR) is 147 cm³/mol. The number of H-pyrrole nitrogens is 1. The highest BCUT2D eigenvalue weighted by Crippen LogP contribution is 2.30. The quantitative estimate of drug-likeness (QED) is 0.189. The second-order valence-electron chi connectivity index (χ2n) is 9.04. The average Bonchev–Trinajstić information content (AvgIpc) is 3.65. The van der Waals surface area contributed by atoms with Crippen molar-refractivity contribution in [2.75, 3.05) is 5.75 Å². The number of carbonyl (C=O) groups excluding carboxylic acids is 1. The Kier molecular flexibility index (Phi) is 7.47. The summed E-state index contributed by atoms with van der Waals surface area (Å²) in [5, 5.41) is 4.39. The summed E-state index contributed by atoms with van der Waals surface area (Å²) in [6.07, 6.45) is 7.42. The van der Waals surface area contributed by atoms with E-state index in [0.717, 1.165) is 64.9 Å². The van der Waals surface area contributed by atoms with Crippen molar-refractivity contribution in [3.05, 3.63) is 84.2 Å². The van der Waals surface area contributed by atoms with Crippen molar-refractivity contribution in [1.29, 1.82) is 0 Å². The number of carbonyl (C=O) groups is 1. The van der Waals surface area contributed by atoms with Gasteiger partial charge in [-0.05, 0) is 60.6 Å². The zero-order chi connectivity index (χ0) is 24.9. The summed E-state index contributed by atoms with van der Waals surface area (Å²) in [5.74, 6) is 2.02. The second kappa shape index (κ2) is 11.1. The van der Waals surface area contributed by atoms with Crippen LogP contribution >= 0.6 is 11.8 Å². The molecule has 0 saturated carbocycles. The third-order valence-corrected chi connectivity index (χ3v) is 7.62. The van der Waals surface area contributed by atoms with Gasteiger partial charge in [-0.25, -0.2) is 4.98 Å². The van der Waals surface area contributed by atoms with Gasteiger partial charge in [0.1, 0.15) is 5.82 Å². The number of hydrogen-bond donors (Lipinski definition) is 2. The van der Waals surface area contributed by atoms with E-state index in [1.165, 1.54) is 11.2 Å². The van der Waals surface area contributed by atoms with E-state index in [4.69, 9.17) is 9.40 Å². The zero-order valence-electron chi connectivity index (χ0n) is 20.8. The van der Waals surface area contributed by atoms with Crippen molar-refractivity contribution in [2.24, 2.45) is 0 Å². The fourth-order valence-electron chi connectivity index (χ4n) is 4.62. The molecule has 1 amide bonds. The van der Waals surface area contributed by atoms with E-state index in [2.05, 4.69) is 59.0 Å². The van der Waals surface area contributed by atoms with Gasteiger partial charge in [-0.3, -0.25) is 4.79 Å². The summed E-state index contributed by atoms with van der Waals surface area (Å²) >= 11 is 1.86. The largest absolute Gasteiger partial charge is 0.459 e. The summed E-state index contributed by atoms with van der Waals surface area (Å²) in [7, 11) is 0. The van der Waals surface area contributed by atoms with Gasteiger partial charge in [0, 0.05) is 35.0 Å². The molecule has 1 atom stereocenters. The number of nitrogens with zero attached hydrogens (tertiary/aromatic N) is 2. The number of imidazole rings is 1. The highest BCUT2D eigenvalue weighted by Gasteiger charge is 2.25.